The molecule has 6 heteroatoms. The summed E-state index contributed by atoms with van der Waals surface area (Å²) in [6, 6.07) is 0. The normalized spacial score (nSPS) is 9.50. The van der Waals surface area contributed by atoms with Crippen LogP contribution in [0.4, 0.5) is 0 Å². The number of hydrogen-bond donors (Lipinski definition) is 2. The summed E-state index contributed by atoms with van der Waals surface area (Å²) >= 11 is 0. The van der Waals surface area contributed by atoms with Crippen LogP contribution in [0.3, 0.4) is 0 Å². The second-order valence-electron chi connectivity index (χ2n) is 0.594. The van der Waals surface area contributed by atoms with Gasteiger partial charge in [-0.05, 0) is 7.05 Å². The summed E-state index contributed by atoms with van der Waals surface area (Å²) in [5, 5.41) is 0. The van der Waals surface area contributed by atoms with Gasteiger partial charge in [0.05, 0.1) is 7.11 Å². The summed E-state index contributed by atoms with van der Waals surface area (Å²) < 4.78 is 29.7. The lowest BCUT2D eigenvalue weighted by atomic mass is 11.6. The Morgan fingerprint density at radius 2 is 1.62 bits per heavy atom. The molecule has 0 aliphatic rings. The minimum absolute atomic E-state index is 0.870. The predicted molar refractivity (Wildman–Crippen MR) is 28.7 cm³/mol. The fourth-order valence-corrected chi connectivity index (χ4v) is 0. The van der Waals surface area contributed by atoms with Gasteiger partial charge in [0.25, 0.3) is 0 Å². The van der Waals surface area contributed by atoms with E-state index < -0.39 is 10.4 Å². The fourth-order valence-electron chi connectivity index (χ4n) is 0. The van der Waals surface area contributed by atoms with E-state index in [0.29, 0.717) is 0 Å². The summed E-state index contributed by atoms with van der Waals surface area (Å²) in [5.41, 5.74) is 4.50. The van der Waals surface area contributed by atoms with E-state index in [9.17, 15) is 8.42 Å². The molecule has 0 unspecified atom stereocenters. The molecular weight excluding hydrogens is 134 g/mol. The number of nitrogens with two attached hydrogens (primary N) is 1. The SMILES string of the molecule is CN.COS(=O)(=O)O. The highest BCUT2D eigenvalue weighted by Gasteiger charge is 1.93. The van der Waals surface area contributed by atoms with Gasteiger partial charge in [-0.15, -0.1) is 0 Å². The molecule has 0 atom stereocenters. The molecule has 0 saturated carbocycles. The third kappa shape index (κ3) is 17.0. The maximum Gasteiger partial charge on any atom is 0.397 e. The lowest BCUT2D eigenvalue weighted by Crippen LogP contribution is -1.96. The Morgan fingerprint density at radius 1 is 1.50 bits per heavy atom. The summed E-state index contributed by atoms with van der Waals surface area (Å²) in [4.78, 5) is 0. The van der Waals surface area contributed by atoms with Crippen LogP contribution in [0.5, 0.6) is 0 Å². The molecule has 0 saturated heterocycles. The van der Waals surface area contributed by atoms with Crippen LogP contribution in [-0.2, 0) is 14.6 Å². The average molecular weight is 143 g/mol. The predicted octanol–water partition coefficient (Wildman–Crippen LogP) is -0.989. The molecule has 0 spiro atoms. The molecule has 0 amide bonds. The largest absolute Gasteiger partial charge is 0.397 e. The smallest absolute Gasteiger partial charge is 0.333 e. The van der Waals surface area contributed by atoms with Gasteiger partial charge in [0.15, 0.2) is 0 Å². The van der Waals surface area contributed by atoms with Crippen molar-refractivity contribution in [2.45, 2.75) is 0 Å². The molecule has 52 valence electrons. The Labute approximate surface area is 48.4 Å². The van der Waals surface area contributed by atoms with Gasteiger partial charge in [-0.1, -0.05) is 0 Å². The zero-order valence-corrected chi connectivity index (χ0v) is 5.47. The van der Waals surface area contributed by atoms with Crippen LogP contribution < -0.4 is 5.73 Å². The Balaban J connectivity index is 0. The van der Waals surface area contributed by atoms with Crippen molar-refractivity contribution in [3.05, 3.63) is 0 Å². The number of rotatable bonds is 1. The molecule has 0 aromatic heterocycles. The first kappa shape index (κ1) is 10.7. The van der Waals surface area contributed by atoms with Crippen molar-refractivity contribution in [1.29, 1.82) is 0 Å². The third-order valence-electron chi connectivity index (χ3n) is 0.211. The zero-order valence-electron chi connectivity index (χ0n) is 4.66. The van der Waals surface area contributed by atoms with Gasteiger partial charge in [-0.2, -0.15) is 8.42 Å². The third-order valence-corrected chi connectivity index (χ3v) is 0.632. The molecule has 0 aliphatic carbocycles. The fraction of sp³-hybridized carbons (Fsp3) is 1.00. The maximum absolute atomic E-state index is 9.33. The lowest BCUT2D eigenvalue weighted by molar-refractivity contribution is 0.324. The van der Waals surface area contributed by atoms with E-state index in [1.807, 2.05) is 0 Å². The van der Waals surface area contributed by atoms with E-state index in [-0.39, 0.29) is 0 Å². The molecule has 8 heavy (non-hydrogen) atoms. The van der Waals surface area contributed by atoms with Gasteiger partial charge in [0, 0.05) is 0 Å². The van der Waals surface area contributed by atoms with Gasteiger partial charge in [-0.25, -0.2) is 0 Å². The monoisotopic (exact) mass is 143 g/mol. The van der Waals surface area contributed by atoms with Crippen molar-refractivity contribution in [3.8, 4) is 0 Å². The van der Waals surface area contributed by atoms with Gasteiger partial charge in [0.1, 0.15) is 0 Å². The van der Waals surface area contributed by atoms with Crippen LogP contribution in [-0.4, -0.2) is 27.1 Å². The highest BCUT2D eigenvalue weighted by atomic mass is 32.3. The van der Waals surface area contributed by atoms with Crippen LogP contribution in [0.25, 0.3) is 0 Å². The Hall–Kier alpha value is -0.170. The van der Waals surface area contributed by atoms with E-state index in [1.165, 1.54) is 7.05 Å². The second kappa shape index (κ2) is 4.98. The van der Waals surface area contributed by atoms with Crippen molar-refractivity contribution in [2.24, 2.45) is 5.73 Å². The molecule has 0 bridgehead atoms. The van der Waals surface area contributed by atoms with E-state index in [0.717, 1.165) is 7.11 Å². The van der Waals surface area contributed by atoms with Crippen LogP contribution in [0, 0.1) is 0 Å². The molecule has 0 radical (unpaired) electrons. The second-order valence-corrected chi connectivity index (χ2v) is 1.78. The standard InChI is InChI=1S/CH5N.CH4O4S/c1-2;1-5-6(2,3)4/h2H2,1H3;1H3,(H,2,3,4). The number of hydrogen-bond acceptors (Lipinski definition) is 4. The van der Waals surface area contributed by atoms with Crippen molar-refractivity contribution in [2.75, 3.05) is 14.2 Å². The van der Waals surface area contributed by atoms with E-state index >= 15 is 0 Å². The Morgan fingerprint density at radius 3 is 1.62 bits per heavy atom. The van der Waals surface area contributed by atoms with Crippen molar-refractivity contribution < 1.29 is 17.2 Å². The molecule has 3 N–H and O–H groups in total. The molecule has 0 aromatic carbocycles. The van der Waals surface area contributed by atoms with E-state index in [2.05, 4.69) is 9.92 Å². The lowest BCUT2D eigenvalue weighted by Gasteiger charge is -1.82. The Kier molecular flexibility index (Phi) is 6.68. The highest BCUT2D eigenvalue weighted by Crippen LogP contribution is 1.74. The molecular formula is C2H9NO4S. The quantitative estimate of drug-likeness (QED) is 0.460. The highest BCUT2D eigenvalue weighted by molar-refractivity contribution is 7.80. The van der Waals surface area contributed by atoms with Gasteiger partial charge < -0.3 is 5.73 Å². The van der Waals surface area contributed by atoms with Gasteiger partial charge in [-0.3, -0.25) is 8.74 Å². The van der Waals surface area contributed by atoms with Crippen LogP contribution in [0.1, 0.15) is 0 Å². The molecule has 0 fully saturated rings. The molecule has 0 aliphatic heterocycles. The zero-order chi connectivity index (χ0) is 7.21. The summed E-state index contributed by atoms with van der Waals surface area (Å²) in [5.74, 6) is 0. The van der Waals surface area contributed by atoms with Gasteiger partial charge in [0.2, 0.25) is 0 Å². The first-order valence-electron chi connectivity index (χ1n) is 1.67. The van der Waals surface area contributed by atoms with E-state index in [1.54, 1.807) is 0 Å². The molecule has 0 rings (SSSR count). The minimum Gasteiger partial charge on any atom is -0.333 e. The topological polar surface area (TPSA) is 89.6 Å². The van der Waals surface area contributed by atoms with Crippen LogP contribution >= 0.6 is 0 Å². The molecule has 0 aromatic rings. The first-order chi connectivity index (χ1) is 3.56. The summed E-state index contributed by atoms with van der Waals surface area (Å²) in [6.45, 7) is 0. The van der Waals surface area contributed by atoms with E-state index in [4.69, 9.17) is 4.55 Å². The Bertz CT molecular complexity index is 116. The molecule has 0 heterocycles. The van der Waals surface area contributed by atoms with Gasteiger partial charge >= 0.3 is 10.4 Å². The maximum atomic E-state index is 9.33. The first-order valence-corrected chi connectivity index (χ1v) is 3.03. The summed E-state index contributed by atoms with van der Waals surface area (Å²) in [6.07, 6.45) is 0. The van der Waals surface area contributed by atoms with Crippen LogP contribution in [0.15, 0.2) is 0 Å². The van der Waals surface area contributed by atoms with Crippen molar-refractivity contribution in [1.82, 2.24) is 0 Å². The van der Waals surface area contributed by atoms with Crippen LogP contribution in [0.2, 0.25) is 0 Å². The van der Waals surface area contributed by atoms with Crippen molar-refractivity contribution in [3.63, 3.8) is 0 Å². The average Bonchev–Trinajstić information content (AvgIpc) is 1.71. The summed E-state index contributed by atoms with van der Waals surface area (Å²) in [7, 11) is -1.79. The molecule has 5 nitrogen and oxygen atoms in total. The minimum atomic E-state index is -4.16. The van der Waals surface area contributed by atoms with Crippen molar-refractivity contribution >= 4 is 10.4 Å².